The number of carbonyl (C=O) groups is 3. The second-order valence-corrected chi connectivity index (χ2v) is 7.41. The highest BCUT2D eigenvalue weighted by molar-refractivity contribution is 5.98. The average molecular weight is 483 g/mol. The highest BCUT2D eigenvalue weighted by Crippen LogP contribution is 2.24. The van der Waals surface area contributed by atoms with Gasteiger partial charge in [-0.25, -0.2) is 14.3 Å². The number of carbonyl (C=O) groups excluding carboxylic acids is 3. The first-order chi connectivity index (χ1) is 16.6. The minimum atomic E-state index is -3.14. The molecule has 2 aromatic rings. The van der Waals surface area contributed by atoms with Crippen LogP contribution in [0.15, 0.2) is 48.5 Å². The SMILES string of the molecule is COC(C)(C(F)F)C(NC(=O)c1ccc(C#CC#Cc2ccc(NC(C)=O)cc2)cc1)C(=O)NO. The van der Waals surface area contributed by atoms with Crippen LogP contribution in [0.4, 0.5) is 14.5 Å². The van der Waals surface area contributed by atoms with Crippen molar-refractivity contribution in [1.29, 1.82) is 0 Å². The van der Waals surface area contributed by atoms with Gasteiger partial charge in [0.05, 0.1) is 0 Å². The Morgan fingerprint density at radius 3 is 1.91 bits per heavy atom. The van der Waals surface area contributed by atoms with Gasteiger partial charge in [0.25, 0.3) is 18.2 Å². The van der Waals surface area contributed by atoms with E-state index in [1.807, 2.05) is 0 Å². The lowest BCUT2D eigenvalue weighted by atomic mass is 9.95. The maximum absolute atomic E-state index is 13.5. The molecule has 0 spiro atoms. The van der Waals surface area contributed by atoms with E-state index in [0.29, 0.717) is 16.8 Å². The van der Waals surface area contributed by atoms with Crippen LogP contribution in [0.25, 0.3) is 0 Å². The molecule has 0 aliphatic carbocycles. The van der Waals surface area contributed by atoms with Crippen LogP contribution in [0.5, 0.6) is 0 Å². The predicted octanol–water partition coefficient (Wildman–Crippen LogP) is 2.32. The molecule has 0 aromatic heterocycles. The second kappa shape index (κ2) is 12.3. The number of hydrogen-bond donors (Lipinski definition) is 4. The van der Waals surface area contributed by atoms with Crippen molar-refractivity contribution in [3.8, 4) is 23.7 Å². The molecule has 4 N–H and O–H groups in total. The van der Waals surface area contributed by atoms with Gasteiger partial charge in [0.2, 0.25) is 5.91 Å². The van der Waals surface area contributed by atoms with Gasteiger partial charge in [-0.15, -0.1) is 0 Å². The van der Waals surface area contributed by atoms with Gasteiger partial charge in [-0.05, 0) is 67.3 Å². The number of benzene rings is 2. The van der Waals surface area contributed by atoms with Gasteiger partial charge in [-0.3, -0.25) is 19.6 Å². The molecule has 0 saturated carbocycles. The smallest absolute Gasteiger partial charge is 0.269 e. The predicted molar refractivity (Wildman–Crippen MR) is 124 cm³/mol. The molecular weight excluding hydrogens is 460 g/mol. The normalized spacial score (nSPS) is 12.7. The number of anilines is 1. The summed E-state index contributed by atoms with van der Waals surface area (Å²) in [6, 6.07) is 10.9. The summed E-state index contributed by atoms with van der Waals surface area (Å²) < 4.78 is 31.7. The zero-order chi connectivity index (χ0) is 26.0. The number of alkyl halides is 2. The highest BCUT2D eigenvalue weighted by atomic mass is 19.3. The number of rotatable bonds is 7. The lowest BCUT2D eigenvalue weighted by Gasteiger charge is -2.34. The maximum Gasteiger partial charge on any atom is 0.269 e. The van der Waals surface area contributed by atoms with Crippen LogP contribution in [0, 0.1) is 23.7 Å². The first kappa shape index (κ1) is 27.0. The average Bonchev–Trinajstić information content (AvgIpc) is 2.85. The third kappa shape index (κ3) is 7.37. The van der Waals surface area contributed by atoms with Crippen molar-refractivity contribution in [3.63, 3.8) is 0 Å². The van der Waals surface area contributed by atoms with Gasteiger partial charge in [-0.1, -0.05) is 11.8 Å². The molecule has 10 heteroatoms. The molecule has 0 radical (unpaired) electrons. The van der Waals surface area contributed by atoms with E-state index < -0.39 is 29.9 Å². The van der Waals surface area contributed by atoms with Crippen molar-refractivity contribution in [3.05, 3.63) is 65.2 Å². The molecule has 0 bridgehead atoms. The molecule has 2 unspecified atom stereocenters. The first-order valence-electron chi connectivity index (χ1n) is 10.2. The summed E-state index contributed by atoms with van der Waals surface area (Å²) in [5.41, 5.74) is 0.853. The molecule has 2 rings (SSSR count). The molecule has 2 aromatic carbocycles. The van der Waals surface area contributed by atoms with Crippen LogP contribution >= 0.6 is 0 Å². The van der Waals surface area contributed by atoms with Crippen LogP contribution in [0.1, 0.15) is 35.3 Å². The van der Waals surface area contributed by atoms with Crippen LogP contribution in [-0.2, 0) is 14.3 Å². The summed E-state index contributed by atoms with van der Waals surface area (Å²) in [7, 11) is 0.965. The number of nitrogens with one attached hydrogen (secondary N) is 3. The van der Waals surface area contributed by atoms with Crippen LogP contribution < -0.4 is 16.1 Å². The van der Waals surface area contributed by atoms with Crippen molar-refractivity contribution in [2.24, 2.45) is 0 Å². The van der Waals surface area contributed by atoms with Gasteiger partial charge >= 0.3 is 0 Å². The molecule has 0 fully saturated rings. The highest BCUT2D eigenvalue weighted by Gasteiger charge is 2.48. The summed E-state index contributed by atoms with van der Waals surface area (Å²) >= 11 is 0. The summed E-state index contributed by atoms with van der Waals surface area (Å²) in [5, 5.41) is 13.7. The summed E-state index contributed by atoms with van der Waals surface area (Å²) in [5.74, 6) is 8.78. The monoisotopic (exact) mass is 483 g/mol. The van der Waals surface area contributed by atoms with Gasteiger partial charge in [-0.2, -0.15) is 0 Å². The summed E-state index contributed by atoms with van der Waals surface area (Å²) in [6.07, 6.45) is -3.14. The molecule has 0 aliphatic heterocycles. The van der Waals surface area contributed by atoms with Crippen molar-refractivity contribution in [2.75, 3.05) is 12.4 Å². The third-order valence-corrected chi connectivity index (χ3v) is 4.92. The van der Waals surface area contributed by atoms with E-state index in [9.17, 15) is 23.2 Å². The molecule has 182 valence electrons. The van der Waals surface area contributed by atoms with Crippen molar-refractivity contribution < 1.29 is 33.1 Å². The zero-order valence-corrected chi connectivity index (χ0v) is 19.1. The molecule has 0 heterocycles. The Bertz CT molecular complexity index is 1190. The van der Waals surface area contributed by atoms with Crippen molar-refractivity contribution in [2.45, 2.75) is 31.9 Å². The van der Waals surface area contributed by atoms with Gasteiger partial charge in [0, 0.05) is 36.4 Å². The number of hydroxylamine groups is 1. The topological polar surface area (TPSA) is 117 Å². The quantitative estimate of drug-likeness (QED) is 0.274. The van der Waals surface area contributed by atoms with Gasteiger partial charge in [0.1, 0.15) is 6.04 Å². The van der Waals surface area contributed by atoms with Crippen LogP contribution in [-0.4, -0.2) is 48.1 Å². The molecule has 3 amide bonds. The Labute approximate surface area is 201 Å². The fourth-order valence-electron chi connectivity index (χ4n) is 2.83. The number of methoxy groups -OCH3 is 1. The van der Waals surface area contributed by atoms with Crippen molar-refractivity contribution >= 4 is 23.4 Å². The van der Waals surface area contributed by atoms with Crippen molar-refractivity contribution in [1.82, 2.24) is 10.8 Å². The number of halogens is 2. The number of amides is 3. The molecule has 8 nitrogen and oxygen atoms in total. The van der Waals surface area contributed by atoms with Gasteiger partial charge < -0.3 is 15.4 Å². The van der Waals surface area contributed by atoms with Crippen LogP contribution in [0.2, 0.25) is 0 Å². The minimum Gasteiger partial charge on any atom is -0.370 e. The third-order valence-electron chi connectivity index (χ3n) is 4.92. The fraction of sp³-hybridized carbons (Fsp3) is 0.240. The molecular formula is C25H23F2N3O5. The van der Waals surface area contributed by atoms with Gasteiger partial charge in [0.15, 0.2) is 5.60 Å². The van der Waals surface area contributed by atoms with E-state index in [2.05, 4.69) is 34.3 Å². The Morgan fingerprint density at radius 1 is 0.971 bits per heavy atom. The standard InChI is InChI=1S/C25H23F2N3O5/c1-16(31)28-20-14-10-18(11-15-20)7-5-4-6-17-8-12-19(13-9-17)22(32)29-21(23(33)30-34)25(2,35-3)24(26)27/h8-15,21,24,34H,1-3H3,(H,28,31)(H,29,32)(H,30,33). The zero-order valence-electron chi connectivity index (χ0n) is 19.1. The summed E-state index contributed by atoms with van der Waals surface area (Å²) in [6.45, 7) is 2.36. The minimum absolute atomic E-state index is 0.0735. The second-order valence-electron chi connectivity index (χ2n) is 7.41. The van der Waals surface area contributed by atoms with Crippen LogP contribution in [0.3, 0.4) is 0 Å². The Balaban J connectivity index is 2.09. The van der Waals surface area contributed by atoms with E-state index >= 15 is 0 Å². The Morgan fingerprint density at radius 2 is 1.49 bits per heavy atom. The lowest BCUT2D eigenvalue weighted by molar-refractivity contribution is -0.157. The van der Waals surface area contributed by atoms with E-state index in [-0.39, 0.29) is 11.5 Å². The largest absolute Gasteiger partial charge is 0.370 e. The fourth-order valence-corrected chi connectivity index (χ4v) is 2.83. The molecule has 35 heavy (non-hydrogen) atoms. The molecule has 0 aliphatic rings. The lowest BCUT2D eigenvalue weighted by Crippen LogP contribution is -2.62. The Hall–Kier alpha value is -4.25. The van der Waals surface area contributed by atoms with E-state index in [0.717, 1.165) is 14.0 Å². The summed E-state index contributed by atoms with van der Waals surface area (Å²) in [4.78, 5) is 35.5. The molecule has 2 atom stereocenters. The van der Waals surface area contributed by atoms with E-state index in [1.54, 1.807) is 24.3 Å². The number of hydrogen-bond acceptors (Lipinski definition) is 5. The number of ether oxygens (including phenoxy) is 1. The van der Waals surface area contributed by atoms with E-state index in [1.165, 1.54) is 36.7 Å². The van der Waals surface area contributed by atoms with E-state index in [4.69, 9.17) is 9.94 Å². The molecule has 0 saturated heterocycles. The Kier molecular flexibility index (Phi) is 9.47. The maximum atomic E-state index is 13.5. The first-order valence-corrected chi connectivity index (χ1v) is 10.2.